The van der Waals surface area contributed by atoms with Crippen LogP contribution in [0.5, 0.6) is 0 Å². The smallest absolute Gasteiger partial charge is 0.240 e. The minimum absolute atomic E-state index is 0.0345. The molecule has 0 aromatic heterocycles. The lowest BCUT2D eigenvalue weighted by Gasteiger charge is -2.29. The Morgan fingerprint density at radius 1 is 1.21 bits per heavy atom. The molecule has 3 N–H and O–H groups in total. The van der Waals surface area contributed by atoms with Gasteiger partial charge in [-0.2, -0.15) is 0 Å². The second-order valence-corrected chi connectivity index (χ2v) is 6.60. The molecule has 110 valence electrons. The van der Waals surface area contributed by atoms with E-state index in [4.69, 9.17) is 5.73 Å². The van der Waals surface area contributed by atoms with Gasteiger partial charge in [-0.25, -0.2) is 0 Å². The number of nitrogens with zero attached hydrogens (tertiary/aromatic N) is 1. The lowest BCUT2D eigenvalue weighted by atomic mass is 9.85. The molecule has 1 rings (SSSR count). The Labute approximate surface area is 115 Å². The van der Waals surface area contributed by atoms with E-state index in [1.165, 1.54) is 4.90 Å². The van der Waals surface area contributed by atoms with Gasteiger partial charge in [-0.1, -0.05) is 0 Å². The normalized spacial score (nSPS) is 23.8. The molecule has 0 aromatic carbocycles. The van der Waals surface area contributed by atoms with Crippen LogP contribution < -0.4 is 11.1 Å². The third kappa shape index (κ3) is 5.59. The van der Waals surface area contributed by atoms with E-state index >= 15 is 0 Å². The quantitative estimate of drug-likeness (QED) is 0.798. The SMILES string of the molecule is CN(CC(=O)NC(C)(C)C)C(=O)C1CCC(N)CC1. The fraction of sp³-hybridized carbons (Fsp3) is 0.857. The largest absolute Gasteiger partial charge is 0.350 e. The first kappa shape index (κ1) is 16.0. The first-order valence-electron chi connectivity index (χ1n) is 7.00. The Balaban J connectivity index is 2.42. The Morgan fingerprint density at radius 2 is 1.74 bits per heavy atom. The van der Waals surface area contributed by atoms with Gasteiger partial charge in [0.25, 0.3) is 0 Å². The summed E-state index contributed by atoms with van der Waals surface area (Å²) in [6.45, 7) is 5.90. The van der Waals surface area contributed by atoms with Gasteiger partial charge in [0.05, 0.1) is 6.54 Å². The Bertz CT molecular complexity index is 328. The van der Waals surface area contributed by atoms with Gasteiger partial charge in [-0.05, 0) is 46.5 Å². The number of nitrogens with one attached hydrogen (secondary N) is 1. The van der Waals surface area contributed by atoms with Gasteiger partial charge < -0.3 is 16.0 Å². The van der Waals surface area contributed by atoms with Gasteiger partial charge in [0.15, 0.2) is 0 Å². The van der Waals surface area contributed by atoms with Crippen molar-refractivity contribution in [2.75, 3.05) is 13.6 Å². The zero-order valence-corrected chi connectivity index (χ0v) is 12.5. The molecule has 2 amide bonds. The Hall–Kier alpha value is -1.10. The molecular formula is C14H27N3O2. The van der Waals surface area contributed by atoms with Crippen LogP contribution in [0, 0.1) is 5.92 Å². The molecule has 0 spiro atoms. The summed E-state index contributed by atoms with van der Waals surface area (Å²) in [7, 11) is 1.69. The maximum atomic E-state index is 12.2. The van der Waals surface area contributed by atoms with Crippen LogP contribution in [-0.2, 0) is 9.59 Å². The summed E-state index contributed by atoms with van der Waals surface area (Å²) in [5, 5.41) is 2.86. The summed E-state index contributed by atoms with van der Waals surface area (Å²) >= 11 is 0. The van der Waals surface area contributed by atoms with Gasteiger partial charge in [-0.15, -0.1) is 0 Å². The minimum Gasteiger partial charge on any atom is -0.350 e. The van der Waals surface area contributed by atoms with Crippen molar-refractivity contribution in [3.8, 4) is 0 Å². The first-order valence-corrected chi connectivity index (χ1v) is 7.00. The molecule has 1 saturated carbocycles. The highest BCUT2D eigenvalue weighted by atomic mass is 16.2. The molecule has 0 saturated heterocycles. The van der Waals surface area contributed by atoms with E-state index in [2.05, 4.69) is 5.32 Å². The third-order valence-corrected chi connectivity index (χ3v) is 3.39. The fourth-order valence-corrected chi connectivity index (χ4v) is 2.43. The highest BCUT2D eigenvalue weighted by Gasteiger charge is 2.28. The summed E-state index contributed by atoms with van der Waals surface area (Å²) in [6.07, 6.45) is 3.48. The predicted octanol–water partition coefficient (Wildman–Crippen LogP) is 0.877. The van der Waals surface area contributed by atoms with Crippen LogP contribution in [0.15, 0.2) is 0 Å². The average Bonchev–Trinajstić information content (AvgIpc) is 2.26. The van der Waals surface area contributed by atoms with Crippen LogP contribution in [-0.4, -0.2) is 41.9 Å². The molecule has 5 heteroatoms. The van der Waals surface area contributed by atoms with E-state index in [0.717, 1.165) is 25.7 Å². The number of hydrogen-bond donors (Lipinski definition) is 2. The van der Waals surface area contributed by atoms with Crippen LogP contribution in [0.2, 0.25) is 0 Å². The van der Waals surface area contributed by atoms with E-state index in [9.17, 15) is 9.59 Å². The first-order chi connectivity index (χ1) is 8.69. The van der Waals surface area contributed by atoms with E-state index in [0.29, 0.717) is 0 Å². The van der Waals surface area contributed by atoms with Crippen molar-refractivity contribution in [3.63, 3.8) is 0 Å². The molecule has 1 fully saturated rings. The van der Waals surface area contributed by atoms with Crippen molar-refractivity contribution in [2.24, 2.45) is 11.7 Å². The average molecular weight is 269 g/mol. The van der Waals surface area contributed by atoms with Crippen LogP contribution in [0.4, 0.5) is 0 Å². The summed E-state index contributed by atoms with van der Waals surface area (Å²) in [6, 6.07) is 0.235. The molecule has 0 aromatic rings. The number of carbonyl (C=O) groups is 2. The molecule has 0 atom stereocenters. The summed E-state index contributed by atoms with van der Waals surface area (Å²) in [5.41, 5.74) is 5.57. The van der Waals surface area contributed by atoms with Crippen LogP contribution >= 0.6 is 0 Å². The maximum absolute atomic E-state index is 12.2. The maximum Gasteiger partial charge on any atom is 0.240 e. The van der Waals surface area contributed by atoms with Gasteiger partial charge in [-0.3, -0.25) is 9.59 Å². The summed E-state index contributed by atoms with van der Waals surface area (Å²) < 4.78 is 0. The zero-order chi connectivity index (χ0) is 14.6. The van der Waals surface area contributed by atoms with Crippen molar-refractivity contribution in [1.29, 1.82) is 0 Å². The summed E-state index contributed by atoms with van der Waals surface area (Å²) in [5.74, 6) is -0.0148. The van der Waals surface area contributed by atoms with Gasteiger partial charge >= 0.3 is 0 Å². The van der Waals surface area contributed by atoms with Crippen molar-refractivity contribution in [2.45, 2.75) is 58.0 Å². The number of nitrogens with two attached hydrogens (primary N) is 1. The molecule has 19 heavy (non-hydrogen) atoms. The highest BCUT2D eigenvalue weighted by Crippen LogP contribution is 2.24. The Morgan fingerprint density at radius 3 is 2.21 bits per heavy atom. The van der Waals surface area contributed by atoms with E-state index < -0.39 is 0 Å². The minimum atomic E-state index is -0.265. The van der Waals surface area contributed by atoms with Crippen LogP contribution in [0.1, 0.15) is 46.5 Å². The summed E-state index contributed by atoms with van der Waals surface area (Å²) in [4.78, 5) is 25.5. The van der Waals surface area contributed by atoms with Crippen molar-refractivity contribution < 1.29 is 9.59 Å². The van der Waals surface area contributed by atoms with Gasteiger partial charge in [0, 0.05) is 24.5 Å². The number of hydrogen-bond acceptors (Lipinski definition) is 3. The molecular weight excluding hydrogens is 242 g/mol. The lowest BCUT2D eigenvalue weighted by Crippen LogP contribution is -2.47. The lowest BCUT2D eigenvalue weighted by molar-refractivity contribution is -0.139. The Kier molecular flexibility index (Phi) is 5.35. The fourth-order valence-electron chi connectivity index (χ4n) is 2.43. The molecule has 0 radical (unpaired) electrons. The van der Waals surface area contributed by atoms with Gasteiger partial charge in [0.2, 0.25) is 11.8 Å². The van der Waals surface area contributed by atoms with Crippen molar-refractivity contribution in [3.05, 3.63) is 0 Å². The molecule has 1 aliphatic rings. The molecule has 5 nitrogen and oxygen atoms in total. The van der Waals surface area contributed by atoms with Crippen molar-refractivity contribution in [1.82, 2.24) is 10.2 Å². The van der Waals surface area contributed by atoms with Gasteiger partial charge in [0.1, 0.15) is 0 Å². The van der Waals surface area contributed by atoms with Crippen LogP contribution in [0.25, 0.3) is 0 Å². The second-order valence-electron chi connectivity index (χ2n) is 6.60. The molecule has 1 aliphatic carbocycles. The van der Waals surface area contributed by atoms with E-state index in [1.54, 1.807) is 7.05 Å². The highest BCUT2D eigenvalue weighted by molar-refractivity contribution is 5.86. The number of amides is 2. The predicted molar refractivity (Wildman–Crippen MR) is 75.5 cm³/mol. The number of carbonyl (C=O) groups excluding carboxylic acids is 2. The monoisotopic (exact) mass is 269 g/mol. The molecule has 0 aliphatic heterocycles. The number of likely N-dealkylation sites (N-methyl/N-ethyl adjacent to an activating group) is 1. The topological polar surface area (TPSA) is 75.4 Å². The third-order valence-electron chi connectivity index (χ3n) is 3.39. The standard InChI is InChI=1S/C14H27N3O2/c1-14(2,3)16-12(18)9-17(4)13(19)10-5-7-11(15)8-6-10/h10-11H,5-9,15H2,1-4H3,(H,16,18). The molecule has 0 heterocycles. The number of rotatable bonds is 3. The molecule has 0 unspecified atom stereocenters. The zero-order valence-electron chi connectivity index (χ0n) is 12.5. The second kappa shape index (κ2) is 6.37. The van der Waals surface area contributed by atoms with E-state index in [-0.39, 0.29) is 35.9 Å². The van der Waals surface area contributed by atoms with Crippen molar-refractivity contribution >= 4 is 11.8 Å². The van der Waals surface area contributed by atoms with Crippen LogP contribution in [0.3, 0.4) is 0 Å². The molecule has 0 bridgehead atoms. The van der Waals surface area contributed by atoms with E-state index in [1.807, 2.05) is 20.8 Å².